The molecule has 4 nitrogen and oxygen atoms in total. The van der Waals surface area contributed by atoms with Crippen LogP contribution in [0, 0.1) is 12.8 Å². The number of rotatable bonds is 5. The normalized spacial score (nSPS) is 16.1. The molecule has 2 amide bonds. The van der Waals surface area contributed by atoms with Crippen LogP contribution in [0.2, 0.25) is 0 Å². The van der Waals surface area contributed by atoms with E-state index in [0.29, 0.717) is 6.54 Å². The van der Waals surface area contributed by atoms with Crippen molar-refractivity contribution in [3.8, 4) is 0 Å². The van der Waals surface area contributed by atoms with Crippen LogP contribution < -0.4 is 5.32 Å². The first-order valence-electron chi connectivity index (χ1n) is 8.35. The van der Waals surface area contributed by atoms with E-state index in [0.717, 1.165) is 44.2 Å². The van der Waals surface area contributed by atoms with Crippen LogP contribution in [0.25, 0.3) is 0 Å². The summed E-state index contributed by atoms with van der Waals surface area (Å²) < 4.78 is 0. The van der Waals surface area contributed by atoms with Gasteiger partial charge in [0, 0.05) is 32.7 Å². The van der Waals surface area contributed by atoms with Gasteiger partial charge in [-0.05, 0) is 31.4 Å². The molecule has 1 aliphatic heterocycles. The molecule has 1 aliphatic rings. The molecule has 0 atom stereocenters. The Hall–Kier alpha value is -1.55. The molecule has 0 radical (unpaired) electrons. The Labute approximate surface area is 134 Å². The molecule has 22 heavy (non-hydrogen) atoms. The lowest BCUT2D eigenvalue weighted by Crippen LogP contribution is -2.51. The van der Waals surface area contributed by atoms with Crippen molar-refractivity contribution in [2.75, 3.05) is 32.7 Å². The van der Waals surface area contributed by atoms with Crippen LogP contribution in [-0.4, -0.2) is 48.6 Å². The number of amides is 2. The standard InChI is InChI=1S/C18H29N3O/c1-15(2)7-8-20-9-11-21(12-10-20)18(22)19-14-17-6-4-5-16(3)13-17/h4-6,13,15H,7-12,14H2,1-3H3,(H,19,22). The lowest BCUT2D eigenvalue weighted by atomic mass is 10.1. The summed E-state index contributed by atoms with van der Waals surface area (Å²) in [6, 6.07) is 8.33. The molecule has 4 heteroatoms. The molecule has 1 saturated heterocycles. The summed E-state index contributed by atoms with van der Waals surface area (Å²) in [5.41, 5.74) is 2.38. The fraction of sp³-hybridized carbons (Fsp3) is 0.611. The van der Waals surface area contributed by atoms with Crippen molar-refractivity contribution >= 4 is 6.03 Å². The Balaban J connectivity index is 1.71. The van der Waals surface area contributed by atoms with Crippen LogP contribution >= 0.6 is 0 Å². The second-order valence-corrected chi connectivity index (χ2v) is 6.66. The van der Waals surface area contributed by atoms with E-state index in [4.69, 9.17) is 0 Å². The Morgan fingerprint density at radius 1 is 1.23 bits per heavy atom. The summed E-state index contributed by atoms with van der Waals surface area (Å²) in [5.74, 6) is 0.746. The summed E-state index contributed by atoms with van der Waals surface area (Å²) in [6.45, 7) is 12.0. The number of carbonyl (C=O) groups excluding carboxylic acids is 1. The summed E-state index contributed by atoms with van der Waals surface area (Å²) in [6.07, 6.45) is 1.24. The van der Waals surface area contributed by atoms with Gasteiger partial charge in [0.25, 0.3) is 0 Å². The molecular formula is C18H29N3O. The number of nitrogens with zero attached hydrogens (tertiary/aromatic N) is 2. The number of nitrogens with one attached hydrogen (secondary N) is 1. The van der Waals surface area contributed by atoms with E-state index in [1.807, 2.05) is 11.0 Å². The first kappa shape index (κ1) is 16.8. The van der Waals surface area contributed by atoms with Crippen LogP contribution in [0.3, 0.4) is 0 Å². The lowest BCUT2D eigenvalue weighted by Gasteiger charge is -2.35. The van der Waals surface area contributed by atoms with Crippen molar-refractivity contribution in [3.63, 3.8) is 0 Å². The number of aryl methyl sites for hydroxylation is 1. The van der Waals surface area contributed by atoms with Gasteiger partial charge in [0.15, 0.2) is 0 Å². The topological polar surface area (TPSA) is 35.6 Å². The summed E-state index contributed by atoms with van der Waals surface area (Å²) in [4.78, 5) is 16.6. The van der Waals surface area contributed by atoms with E-state index in [9.17, 15) is 4.79 Å². The minimum atomic E-state index is 0.0602. The Morgan fingerprint density at radius 3 is 2.59 bits per heavy atom. The smallest absolute Gasteiger partial charge is 0.317 e. The fourth-order valence-electron chi connectivity index (χ4n) is 2.73. The highest BCUT2D eigenvalue weighted by Crippen LogP contribution is 2.07. The second kappa shape index (κ2) is 8.18. The fourth-order valence-corrected chi connectivity index (χ4v) is 2.73. The van der Waals surface area contributed by atoms with Gasteiger partial charge >= 0.3 is 6.03 Å². The highest BCUT2D eigenvalue weighted by atomic mass is 16.2. The Bertz CT molecular complexity index is 479. The number of carbonyl (C=O) groups is 1. The third-order valence-electron chi connectivity index (χ3n) is 4.21. The van der Waals surface area contributed by atoms with Gasteiger partial charge in [-0.25, -0.2) is 4.79 Å². The molecule has 1 aromatic carbocycles. The number of hydrogen-bond donors (Lipinski definition) is 1. The first-order chi connectivity index (χ1) is 10.5. The molecule has 2 rings (SSSR count). The van der Waals surface area contributed by atoms with Crippen LogP contribution in [0.4, 0.5) is 4.79 Å². The lowest BCUT2D eigenvalue weighted by molar-refractivity contribution is 0.135. The predicted octanol–water partition coefficient (Wildman–Crippen LogP) is 2.87. The van der Waals surface area contributed by atoms with Crippen LogP contribution in [0.1, 0.15) is 31.4 Å². The van der Waals surface area contributed by atoms with Crippen molar-refractivity contribution in [2.24, 2.45) is 5.92 Å². The van der Waals surface area contributed by atoms with E-state index >= 15 is 0 Å². The highest BCUT2D eigenvalue weighted by Gasteiger charge is 2.20. The third-order valence-corrected chi connectivity index (χ3v) is 4.21. The van der Waals surface area contributed by atoms with E-state index < -0.39 is 0 Å². The van der Waals surface area contributed by atoms with E-state index in [1.165, 1.54) is 12.0 Å². The maximum absolute atomic E-state index is 12.2. The molecular weight excluding hydrogens is 274 g/mol. The van der Waals surface area contributed by atoms with E-state index in [2.05, 4.69) is 49.2 Å². The average Bonchev–Trinajstić information content (AvgIpc) is 2.51. The molecule has 1 aromatic rings. The van der Waals surface area contributed by atoms with E-state index in [-0.39, 0.29) is 6.03 Å². The van der Waals surface area contributed by atoms with Gasteiger partial charge in [0.1, 0.15) is 0 Å². The van der Waals surface area contributed by atoms with Crippen molar-refractivity contribution in [1.82, 2.24) is 15.1 Å². The molecule has 1 heterocycles. The molecule has 0 saturated carbocycles. The van der Waals surface area contributed by atoms with Crippen molar-refractivity contribution < 1.29 is 4.79 Å². The van der Waals surface area contributed by atoms with Crippen molar-refractivity contribution in [1.29, 1.82) is 0 Å². The molecule has 0 unspecified atom stereocenters. The largest absolute Gasteiger partial charge is 0.334 e. The van der Waals surface area contributed by atoms with Gasteiger partial charge < -0.3 is 10.2 Å². The summed E-state index contributed by atoms with van der Waals surface area (Å²) in [5, 5.41) is 3.03. The number of hydrogen-bond acceptors (Lipinski definition) is 2. The highest BCUT2D eigenvalue weighted by molar-refractivity contribution is 5.74. The minimum absolute atomic E-state index is 0.0602. The van der Waals surface area contributed by atoms with Crippen molar-refractivity contribution in [2.45, 2.75) is 33.7 Å². The van der Waals surface area contributed by atoms with Gasteiger partial charge in [-0.2, -0.15) is 0 Å². The predicted molar refractivity (Wildman–Crippen MR) is 90.9 cm³/mol. The van der Waals surface area contributed by atoms with Gasteiger partial charge in [-0.15, -0.1) is 0 Å². The quantitative estimate of drug-likeness (QED) is 0.908. The average molecular weight is 303 g/mol. The Morgan fingerprint density at radius 2 is 1.95 bits per heavy atom. The zero-order chi connectivity index (χ0) is 15.9. The van der Waals surface area contributed by atoms with E-state index in [1.54, 1.807) is 0 Å². The zero-order valence-electron chi connectivity index (χ0n) is 14.1. The summed E-state index contributed by atoms with van der Waals surface area (Å²) in [7, 11) is 0. The molecule has 0 bridgehead atoms. The molecule has 122 valence electrons. The monoisotopic (exact) mass is 303 g/mol. The van der Waals surface area contributed by atoms with Crippen LogP contribution in [0.5, 0.6) is 0 Å². The molecule has 1 N–H and O–H groups in total. The molecule has 0 aliphatic carbocycles. The number of benzene rings is 1. The Kier molecular flexibility index (Phi) is 6.25. The van der Waals surface area contributed by atoms with Gasteiger partial charge in [-0.3, -0.25) is 4.90 Å². The maximum atomic E-state index is 12.2. The van der Waals surface area contributed by atoms with Gasteiger partial charge in [-0.1, -0.05) is 43.7 Å². The zero-order valence-corrected chi connectivity index (χ0v) is 14.1. The summed E-state index contributed by atoms with van der Waals surface area (Å²) >= 11 is 0. The van der Waals surface area contributed by atoms with Gasteiger partial charge in [0.05, 0.1) is 0 Å². The van der Waals surface area contributed by atoms with Gasteiger partial charge in [0.2, 0.25) is 0 Å². The molecule has 1 fully saturated rings. The SMILES string of the molecule is Cc1cccc(CNC(=O)N2CCN(CCC(C)C)CC2)c1. The third kappa shape index (κ3) is 5.34. The molecule has 0 spiro atoms. The van der Waals surface area contributed by atoms with Crippen molar-refractivity contribution in [3.05, 3.63) is 35.4 Å². The number of urea groups is 1. The molecule has 0 aromatic heterocycles. The second-order valence-electron chi connectivity index (χ2n) is 6.66. The van der Waals surface area contributed by atoms with Crippen LogP contribution in [0.15, 0.2) is 24.3 Å². The maximum Gasteiger partial charge on any atom is 0.317 e. The minimum Gasteiger partial charge on any atom is -0.334 e. The first-order valence-corrected chi connectivity index (χ1v) is 8.35. The van der Waals surface area contributed by atoms with Crippen LogP contribution in [-0.2, 0) is 6.54 Å². The number of piperazine rings is 1.